The molecule has 222 valence electrons. The van der Waals surface area contributed by atoms with Crippen LogP contribution in [-0.4, -0.2) is 53.2 Å². The van der Waals surface area contributed by atoms with Crippen LogP contribution < -0.4 is 5.32 Å². The fourth-order valence-corrected chi connectivity index (χ4v) is 5.80. The minimum Gasteiger partial charge on any atom is -0.453 e. The lowest BCUT2D eigenvalue weighted by Crippen LogP contribution is -2.47. The number of hydrogen-bond acceptors (Lipinski definition) is 7. The predicted molar refractivity (Wildman–Crippen MR) is 157 cm³/mol. The van der Waals surface area contributed by atoms with Gasteiger partial charge in [0.05, 0.1) is 18.8 Å². The number of carbonyl (C=O) groups excluding carboxylic acids is 2. The number of nitrogens with zero attached hydrogens (tertiary/aromatic N) is 1. The van der Waals surface area contributed by atoms with Gasteiger partial charge in [-0.25, -0.2) is 0 Å². The maximum Gasteiger partial charge on any atom is 0.303 e. The van der Waals surface area contributed by atoms with E-state index >= 15 is 0 Å². The van der Waals surface area contributed by atoms with Crippen LogP contribution in [0.15, 0.2) is 61.2 Å². The fourth-order valence-electron chi connectivity index (χ4n) is 5.80. The molecule has 8 heteroatoms. The van der Waals surface area contributed by atoms with Gasteiger partial charge in [0, 0.05) is 44.1 Å². The third kappa shape index (κ3) is 8.26. The molecule has 4 rings (SSSR count). The van der Waals surface area contributed by atoms with Crippen LogP contribution >= 0.6 is 0 Å². The smallest absolute Gasteiger partial charge is 0.303 e. The Balaban J connectivity index is 1.50. The van der Waals surface area contributed by atoms with Crippen LogP contribution in [0.1, 0.15) is 81.1 Å². The van der Waals surface area contributed by atoms with Crippen LogP contribution in [0.2, 0.25) is 0 Å². The van der Waals surface area contributed by atoms with Gasteiger partial charge in [-0.1, -0.05) is 74.4 Å². The summed E-state index contributed by atoms with van der Waals surface area (Å²) in [6, 6.07) is 16.3. The van der Waals surface area contributed by atoms with Gasteiger partial charge in [0.15, 0.2) is 12.4 Å². The maximum atomic E-state index is 12.2. The first-order valence-corrected chi connectivity index (χ1v) is 14.7. The van der Waals surface area contributed by atoms with Gasteiger partial charge < -0.3 is 24.6 Å². The molecule has 1 amide bonds. The van der Waals surface area contributed by atoms with E-state index in [4.69, 9.17) is 14.2 Å². The molecule has 0 bridgehead atoms. The quantitative estimate of drug-likeness (QED) is 0.278. The number of amides is 1. The molecule has 1 aliphatic heterocycles. The maximum absolute atomic E-state index is 12.2. The zero-order chi connectivity index (χ0) is 29.4. The van der Waals surface area contributed by atoms with E-state index in [1.165, 1.54) is 32.6 Å². The summed E-state index contributed by atoms with van der Waals surface area (Å²) in [7, 11) is 0. The van der Waals surface area contributed by atoms with Gasteiger partial charge in [0.2, 0.25) is 0 Å². The molecule has 8 nitrogen and oxygen atoms in total. The summed E-state index contributed by atoms with van der Waals surface area (Å²) in [5.74, 6) is -0.731. The Bertz CT molecular complexity index is 1150. The lowest BCUT2D eigenvalue weighted by molar-refractivity contribution is -0.276. The molecule has 0 spiro atoms. The molecule has 2 N–H and O–H groups in total. The highest BCUT2D eigenvalue weighted by atomic mass is 16.7. The van der Waals surface area contributed by atoms with Crippen molar-refractivity contribution in [1.29, 1.82) is 0 Å². The Kier molecular flexibility index (Phi) is 11.1. The van der Waals surface area contributed by atoms with Gasteiger partial charge in [-0.05, 0) is 36.5 Å². The van der Waals surface area contributed by atoms with Crippen LogP contribution in [0.4, 0.5) is 0 Å². The number of ether oxygens (including phenoxy) is 3. The lowest BCUT2D eigenvalue weighted by atomic mass is 9.89. The predicted octanol–water partition coefficient (Wildman–Crippen LogP) is 4.97. The molecule has 1 aliphatic carbocycles. The van der Waals surface area contributed by atoms with E-state index in [1.807, 2.05) is 54.6 Å². The second-order valence-electron chi connectivity index (χ2n) is 11.2. The molecule has 2 aliphatic rings. The summed E-state index contributed by atoms with van der Waals surface area (Å²) in [5, 5.41) is 12.3. The van der Waals surface area contributed by atoms with Crippen molar-refractivity contribution in [3.8, 4) is 0 Å². The van der Waals surface area contributed by atoms with Gasteiger partial charge in [0.1, 0.15) is 0 Å². The van der Waals surface area contributed by atoms with Crippen LogP contribution in [-0.2, 0) is 37.0 Å². The third-order valence-electron chi connectivity index (χ3n) is 8.17. The second kappa shape index (κ2) is 14.7. The van der Waals surface area contributed by atoms with Crippen molar-refractivity contribution in [2.45, 2.75) is 90.2 Å². The monoisotopic (exact) mass is 564 g/mol. The molecule has 2 fully saturated rings. The molecule has 1 saturated heterocycles. The zero-order valence-electron chi connectivity index (χ0n) is 24.5. The van der Waals surface area contributed by atoms with E-state index in [9.17, 15) is 14.7 Å². The van der Waals surface area contributed by atoms with Gasteiger partial charge >= 0.3 is 5.97 Å². The number of carbonyl (C=O) groups is 2. The first-order valence-electron chi connectivity index (χ1n) is 14.7. The van der Waals surface area contributed by atoms with Crippen molar-refractivity contribution in [2.24, 2.45) is 5.92 Å². The van der Waals surface area contributed by atoms with Gasteiger partial charge in [0.25, 0.3) is 5.91 Å². The standard InChI is InChI=1S/C33H44N2O6/c1-5-18-35(29-8-6-7-9-29)20-30-22(2)31(27-14-12-26(21-36)13-15-27)41-33(40-30)28-16-10-25(11-17-28)19-34-32(38)23(3)39-24(4)37/h5,10-17,22-23,29-31,33,36H,1,6-9,18-21H2,2-4H3,(H,34,38). The summed E-state index contributed by atoms with van der Waals surface area (Å²) in [4.78, 5) is 25.9. The van der Waals surface area contributed by atoms with E-state index in [-0.39, 0.29) is 30.6 Å². The number of aliphatic hydroxyl groups excluding tert-OH is 1. The van der Waals surface area contributed by atoms with Crippen molar-refractivity contribution >= 4 is 11.9 Å². The summed E-state index contributed by atoms with van der Waals surface area (Å²) in [5.41, 5.74) is 3.74. The van der Waals surface area contributed by atoms with Crippen molar-refractivity contribution in [3.63, 3.8) is 0 Å². The summed E-state index contributed by atoms with van der Waals surface area (Å²) in [6.45, 7) is 11.0. The van der Waals surface area contributed by atoms with Crippen LogP contribution in [0.3, 0.4) is 0 Å². The number of benzene rings is 2. The topological polar surface area (TPSA) is 97.3 Å². The minimum atomic E-state index is -0.844. The Morgan fingerprint density at radius 2 is 1.71 bits per heavy atom. The normalized spacial score (nSPS) is 23.7. The first kappa shape index (κ1) is 30.9. The molecule has 5 atom stereocenters. The molecule has 2 aromatic carbocycles. The Morgan fingerprint density at radius 1 is 1.07 bits per heavy atom. The first-order chi connectivity index (χ1) is 19.8. The lowest BCUT2D eigenvalue weighted by Gasteiger charge is -2.43. The molecule has 0 radical (unpaired) electrons. The molecule has 1 heterocycles. The molecule has 0 aromatic heterocycles. The fraction of sp³-hybridized carbons (Fsp3) is 0.515. The number of aliphatic hydroxyl groups is 1. The molecule has 5 unspecified atom stereocenters. The Labute approximate surface area is 243 Å². The largest absolute Gasteiger partial charge is 0.453 e. The number of esters is 1. The second-order valence-corrected chi connectivity index (χ2v) is 11.2. The SMILES string of the molecule is C=CCN(CC1OC(c2ccc(CNC(=O)C(C)OC(C)=O)cc2)OC(c2ccc(CO)cc2)C1C)C1CCCC1. The van der Waals surface area contributed by atoms with Crippen molar-refractivity contribution < 1.29 is 28.9 Å². The summed E-state index contributed by atoms with van der Waals surface area (Å²) >= 11 is 0. The van der Waals surface area contributed by atoms with Crippen molar-refractivity contribution in [3.05, 3.63) is 83.4 Å². The summed E-state index contributed by atoms with van der Waals surface area (Å²) < 4.78 is 18.2. The molecular weight excluding hydrogens is 520 g/mol. The van der Waals surface area contributed by atoms with E-state index in [0.717, 1.165) is 35.3 Å². The summed E-state index contributed by atoms with van der Waals surface area (Å²) in [6.07, 6.45) is 5.29. The van der Waals surface area contributed by atoms with Gasteiger partial charge in [-0.2, -0.15) is 0 Å². The van der Waals surface area contributed by atoms with Crippen molar-refractivity contribution in [1.82, 2.24) is 10.2 Å². The van der Waals surface area contributed by atoms with E-state index in [2.05, 4.69) is 23.7 Å². The van der Waals surface area contributed by atoms with Gasteiger partial charge in [-0.3, -0.25) is 14.5 Å². The van der Waals surface area contributed by atoms with E-state index in [0.29, 0.717) is 12.6 Å². The van der Waals surface area contributed by atoms with Crippen molar-refractivity contribution in [2.75, 3.05) is 13.1 Å². The molecular formula is C33H44N2O6. The van der Waals surface area contributed by atoms with Crippen LogP contribution in [0, 0.1) is 5.92 Å². The zero-order valence-corrected chi connectivity index (χ0v) is 24.5. The highest BCUT2D eigenvalue weighted by molar-refractivity contribution is 5.82. The third-order valence-corrected chi connectivity index (χ3v) is 8.17. The van der Waals surface area contributed by atoms with E-state index in [1.54, 1.807) is 6.92 Å². The van der Waals surface area contributed by atoms with Crippen LogP contribution in [0.25, 0.3) is 0 Å². The average Bonchev–Trinajstić information content (AvgIpc) is 3.52. The molecule has 41 heavy (non-hydrogen) atoms. The Hall–Kier alpha value is -3.04. The molecule has 1 saturated carbocycles. The highest BCUT2D eigenvalue weighted by Gasteiger charge is 2.40. The van der Waals surface area contributed by atoms with Crippen LogP contribution in [0.5, 0.6) is 0 Å². The minimum absolute atomic E-state index is 0.00306. The number of nitrogens with one attached hydrogen (secondary N) is 1. The Morgan fingerprint density at radius 3 is 2.32 bits per heavy atom. The van der Waals surface area contributed by atoms with Gasteiger partial charge in [-0.15, -0.1) is 6.58 Å². The van der Waals surface area contributed by atoms with E-state index < -0.39 is 18.4 Å². The number of rotatable bonds is 12. The highest BCUT2D eigenvalue weighted by Crippen LogP contribution is 2.42. The average molecular weight is 565 g/mol. The number of hydrogen-bond donors (Lipinski definition) is 2. The molecule has 2 aromatic rings.